The highest BCUT2D eigenvalue weighted by atomic mass is 14.8. The van der Waals surface area contributed by atoms with Crippen LogP contribution >= 0.6 is 0 Å². The Balaban J connectivity index is 1.29. The first-order chi connectivity index (χ1) is 36.6. The van der Waals surface area contributed by atoms with E-state index in [1.54, 1.807) is 11.1 Å². The first kappa shape index (κ1) is 57.5. The van der Waals surface area contributed by atoms with Gasteiger partial charge in [-0.25, -0.2) is 0 Å². The second-order valence-electron chi connectivity index (χ2n) is 24.0. The molecule has 0 unspecified atom stereocenters. The Bertz CT molecular complexity index is 3190. The average molecular weight is 1010 g/mol. The number of hydrogen-bond acceptors (Lipinski definition) is 1. The van der Waals surface area contributed by atoms with Crippen molar-refractivity contribution in [2.75, 3.05) is 0 Å². The maximum absolute atomic E-state index is 5.73. The molecule has 0 saturated carbocycles. The van der Waals surface area contributed by atoms with Crippen LogP contribution in [0.1, 0.15) is 211 Å². The molecule has 1 aromatic heterocycles. The van der Waals surface area contributed by atoms with Gasteiger partial charge in [-0.05, 0) is 117 Å². The van der Waals surface area contributed by atoms with Crippen molar-refractivity contribution in [3.8, 4) is 11.1 Å². The normalized spacial score (nSPS) is 14.7. The van der Waals surface area contributed by atoms with Gasteiger partial charge in [-0.2, -0.15) is 0 Å². The lowest BCUT2D eigenvalue weighted by molar-refractivity contribution is 0.397. The SMILES string of the molecule is C=c1cccc/c1=C(/C=CC)CC(=Nc1cc(/C=C/C=C/c2ccc3c(c2)C(CCCCCCCC)(CCCCCCCC)c2cc(C(C)(C)C)ccc2-3)ccc1/C(C)=C/C=C(\C)C(C)(C)C)c1c[nH]c2ccccc12. The summed E-state index contributed by atoms with van der Waals surface area (Å²) in [6.45, 7) is 29.6. The number of benzene rings is 5. The van der Waals surface area contributed by atoms with Gasteiger partial charge in [0.1, 0.15) is 0 Å². The predicted molar refractivity (Wildman–Crippen MR) is 337 cm³/mol. The van der Waals surface area contributed by atoms with Crippen molar-refractivity contribution < 1.29 is 0 Å². The van der Waals surface area contributed by atoms with Crippen molar-refractivity contribution in [1.82, 2.24) is 4.98 Å². The molecule has 0 radical (unpaired) electrons. The molecule has 0 saturated heterocycles. The molecule has 398 valence electrons. The Morgan fingerprint density at radius 3 is 1.87 bits per heavy atom. The molecular formula is C74H92N2. The number of nitrogens with one attached hydrogen (secondary N) is 1. The van der Waals surface area contributed by atoms with Crippen molar-refractivity contribution in [1.29, 1.82) is 0 Å². The molecule has 1 N–H and O–H groups in total. The molecule has 1 aliphatic carbocycles. The van der Waals surface area contributed by atoms with Gasteiger partial charge < -0.3 is 4.98 Å². The van der Waals surface area contributed by atoms with Gasteiger partial charge in [0.2, 0.25) is 0 Å². The minimum absolute atomic E-state index is 0.0291. The van der Waals surface area contributed by atoms with E-state index in [-0.39, 0.29) is 16.2 Å². The van der Waals surface area contributed by atoms with E-state index in [9.17, 15) is 0 Å². The van der Waals surface area contributed by atoms with Gasteiger partial charge in [0, 0.05) is 40.1 Å². The number of aromatic amines is 1. The number of H-pyrrole nitrogens is 1. The fourth-order valence-corrected chi connectivity index (χ4v) is 11.3. The van der Waals surface area contributed by atoms with E-state index in [1.165, 1.54) is 129 Å². The van der Waals surface area contributed by atoms with E-state index < -0.39 is 0 Å². The Morgan fingerprint density at radius 2 is 1.22 bits per heavy atom. The van der Waals surface area contributed by atoms with E-state index in [2.05, 4.69) is 246 Å². The maximum Gasteiger partial charge on any atom is 0.0714 e. The Kier molecular flexibility index (Phi) is 20.2. The number of allylic oxidation sites excluding steroid dienone is 8. The number of rotatable bonds is 24. The molecule has 2 nitrogen and oxygen atoms in total. The summed E-state index contributed by atoms with van der Waals surface area (Å²) in [6, 6.07) is 38.6. The van der Waals surface area contributed by atoms with Gasteiger partial charge in [0.25, 0.3) is 0 Å². The summed E-state index contributed by atoms with van der Waals surface area (Å²) in [5.41, 5.74) is 19.0. The molecule has 5 aromatic carbocycles. The Hall–Kier alpha value is -6.25. The van der Waals surface area contributed by atoms with Gasteiger partial charge in [-0.15, -0.1) is 0 Å². The molecule has 2 heteroatoms. The number of aromatic nitrogens is 1. The largest absolute Gasteiger partial charge is 0.360 e. The quantitative estimate of drug-likeness (QED) is 0.0356. The zero-order valence-electron chi connectivity index (χ0n) is 48.8. The number of hydrogen-bond donors (Lipinski definition) is 1. The second kappa shape index (κ2) is 26.7. The summed E-state index contributed by atoms with van der Waals surface area (Å²) < 4.78 is 0. The van der Waals surface area contributed by atoms with Crippen LogP contribution in [0.5, 0.6) is 0 Å². The molecule has 0 atom stereocenters. The summed E-state index contributed by atoms with van der Waals surface area (Å²) >= 11 is 0. The fraction of sp³-hybridized carbons (Fsp3) is 0.392. The average Bonchev–Trinajstić information content (AvgIpc) is 4.00. The smallest absolute Gasteiger partial charge is 0.0714 e. The molecule has 1 aliphatic rings. The van der Waals surface area contributed by atoms with Gasteiger partial charge in [0.15, 0.2) is 0 Å². The van der Waals surface area contributed by atoms with E-state index in [1.807, 2.05) is 0 Å². The highest BCUT2D eigenvalue weighted by molar-refractivity contribution is 6.14. The molecule has 7 rings (SSSR count). The van der Waals surface area contributed by atoms with Crippen LogP contribution in [-0.2, 0) is 10.8 Å². The molecule has 0 amide bonds. The molecule has 0 bridgehead atoms. The van der Waals surface area contributed by atoms with Crippen molar-refractivity contribution in [2.24, 2.45) is 10.4 Å². The van der Waals surface area contributed by atoms with E-state index in [0.29, 0.717) is 6.42 Å². The highest BCUT2D eigenvalue weighted by Gasteiger charge is 2.43. The minimum Gasteiger partial charge on any atom is -0.360 e. The lowest BCUT2D eigenvalue weighted by atomic mass is 9.69. The molecule has 6 aromatic rings. The first-order valence-corrected chi connectivity index (χ1v) is 29.3. The molecule has 1 heterocycles. The highest BCUT2D eigenvalue weighted by Crippen LogP contribution is 2.55. The summed E-state index contributed by atoms with van der Waals surface area (Å²) in [4.78, 5) is 9.29. The van der Waals surface area contributed by atoms with Crippen LogP contribution in [-0.4, -0.2) is 10.7 Å². The van der Waals surface area contributed by atoms with Gasteiger partial charge in [0.05, 0.1) is 11.4 Å². The van der Waals surface area contributed by atoms with Crippen LogP contribution in [0.2, 0.25) is 0 Å². The van der Waals surface area contributed by atoms with E-state index in [0.717, 1.165) is 49.4 Å². The zero-order chi connectivity index (χ0) is 54.3. The lowest BCUT2D eigenvalue weighted by Crippen LogP contribution is -2.26. The van der Waals surface area contributed by atoms with Crippen LogP contribution in [0.15, 0.2) is 156 Å². The summed E-state index contributed by atoms with van der Waals surface area (Å²) in [7, 11) is 0. The van der Waals surface area contributed by atoms with Crippen molar-refractivity contribution in [3.05, 3.63) is 201 Å². The van der Waals surface area contributed by atoms with Crippen LogP contribution in [0.25, 0.3) is 51.9 Å². The summed E-state index contributed by atoms with van der Waals surface area (Å²) in [6.07, 6.45) is 38.9. The van der Waals surface area contributed by atoms with Crippen LogP contribution < -0.4 is 10.4 Å². The molecule has 0 aliphatic heterocycles. The number of aliphatic imine (C=N–C) groups is 1. The third kappa shape index (κ3) is 14.4. The molecule has 76 heavy (non-hydrogen) atoms. The number of unbranched alkanes of at least 4 members (excludes halogenated alkanes) is 10. The third-order valence-electron chi connectivity index (χ3n) is 16.3. The number of fused-ring (bicyclic) bond motifs is 4. The van der Waals surface area contributed by atoms with Gasteiger partial charge in [-0.1, -0.05) is 284 Å². The van der Waals surface area contributed by atoms with Crippen molar-refractivity contribution in [3.63, 3.8) is 0 Å². The van der Waals surface area contributed by atoms with Crippen LogP contribution in [0.4, 0.5) is 5.69 Å². The molecule has 0 spiro atoms. The zero-order valence-corrected chi connectivity index (χ0v) is 48.8. The van der Waals surface area contributed by atoms with Gasteiger partial charge in [-0.3, -0.25) is 4.99 Å². The maximum atomic E-state index is 5.73. The first-order valence-electron chi connectivity index (χ1n) is 29.3. The van der Waals surface area contributed by atoms with Crippen molar-refractivity contribution >= 4 is 52.2 Å². The number of nitrogens with zero attached hydrogens (tertiary/aromatic N) is 1. The lowest BCUT2D eigenvalue weighted by Gasteiger charge is -2.34. The minimum atomic E-state index is 0.0291. The predicted octanol–water partition coefficient (Wildman–Crippen LogP) is 20.7. The summed E-state index contributed by atoms with van der Waals surface area (Å²) in [5, 5.41) is 3.31. The van der Waals surface area contributed by atoms with Crippen LogP contribution in [0, 0.1) is 5.41 Å². The third-order valence-corrected chi connectivity index (χ3v) is 16.3. The van der Waals surface area contributed by atoms with Crippen molar-refractivity contribution in [2.45, 2.75) is 183 Å². The van der Waals surface area contributed by atoms with E-state index in [4.69, 9.17) is 4.99 Å². The van der Waals surface area contributed by atoms with Gasteiger partial charge >= 0.3 is 0 Å². The van der Waals surface area contributed by atoms with E-state index >= 15 is 0 Å². The Labute approximate surface area is 460 Å². The standard InChI is InChI=1S/C74H92N2/c1-13-16-18-20-22-30-47-74(48-31-23-21-19-17-14-2)67-49-57(42-45-63(67)64-46-43-60(52-68(64)74)73(10,11)12)34-25-26-35-58-41-44-62(55(5)39-40-56(6)72(7,8)9)70(50-58)76-71(66-53-75-69-38-29-28-37-65(66)69)51-59(32-15-3)61-36-27-24-33-54(61)4/h15,24-29,32-46,49-50,52-53,75H,4,13-14,16-23,30-31,47-48,51H2,1-3,5-12H3/b32-15?,34-25+,35-26+,55-39+,56-40+,61-59+,76-71?. The molecular weight excluding hydrogens is 917 g/mol. The fourth-order valence-electron chi connectivity index (χ4n) is 11.3. The summed E-state index contributed by atoms with van der Waals surface area (Å²) in [5.74, 6) is 0. The topological polar surface area (TPSA) is 28.1 Å². The second-order valence-corrected chi connectivity index (χ2v) is 24.0. The van der Waals surface area contributed by atoms with Crippen LogP contribution in [0.3, 0.4) is 0 Å². The Morgan fingerprint density at radius 1 is 0.632 bits per heavy atom. The monoisotopic (exact) mass is 1010 g/mol. The molecule has 0 fully saturated rings. The number of para-hydroxylation sites is 1.